The molecule has 1 saturated heterocycles. The van der Waals surface area contributed by atoms with Crippen molar-refractivity contribution < 1.29 is 9.18 Å². The fraction of sp³-hybridized carbons (Fsp3) is 0.364. The lowest BCUT2D eigenvalue weighted by molar-refractivity contribution is 0.200. The molecular weight excluding hydrogens is 223 g/mol. The molecule has 1 aliphatic heterocycles. The summed E-state index contributed by atoms with van der Waals surface area (Å²) in [6.07, 6.45) is -0.159. The molecule has 0 aromatic heterocycles. The summed E-state index contributed by atoms with van der Waals surface area (Å²) in [7, 11) is 0. The fourth-order valence-corrected chi connectivity index (χ4v) is 1.62. The minimum absolute atomic E-state index is 0.0631. The van der Waals surface area contributed by atoms with Gasteiger partial charge in [-0.25, -0.2) is 14.6 Å². The molecule has 92 valence electrons. The molecule has 1 fully saturated rings. The van der Waals surface area contributed by atoms with Crippen LogP contribution in [0.25, 0.3) is 0 Å². The van der Waals surface area contributed by atoms with E-state index in [0.717, 1.165) is 5.56 Å². The van der Waals surface area contributed by atoms with E-state index in [-0.39, 0.29) is 24.1 Å². The first-order valence-electron chi connectivity index (χ1n) is 5.45. The number of hydrogen-bond donors (Lipinski definition) is 4. The van der Waals surface area contributed by atoms with Gasteiger partial charge in [-0.1, -0.05) is 12.1 Å². The van der Waals surface area contributed by atoms with Gasteiger partial charge in [-0.15, -0.1) is 0 Å². The molecule has 0 aliphatic carbocycles. The number of benzene rings is 1. The van der Waals surface area contributed by atoms with E-state index >= 15 is 0 Å². The quantitative estimate of drug-likeness (QED) is 0.618. The number of nitrogens with one attached hydrogen (secondary N) is 4. The summed E-state index contributed by atoms with van der Waals surface area (Å²) in [5, 5.41) is 5.93. The molecule has 4 N–H and O–H groups in total. The number of hydrogen-bond acceptors (Lipinski definition) is 3. The van der Waals surface area contributed by atoms with Crippen LogP contribution in [-0.2, 0) is 6.54 Å². The highest BCUT2D eigenvalue weighted by Gasteiger charge is 2.23. The van der Waals surface area contributed by atoms with Crippen LogP contribution in [0, 0.1) is 5.82 Å². The largest absolute Gasteiger partial charge is 0.330 e. The van der Waals surface area contributed by atoms with Gasteiger partial charge in [0.2, 0.25) is 0 Å². The van der Waals surface area contributed by atoms with Crippen LogP contribution in [0.5, 0.6) is 0 Å². The number of carbonyl (C=O) groups excluding carboxylic acids is 1. The molecule has 6 heteroatoms. The zero-order chi connectivity index (χ0) is 12.3. The van der Waals surface area contributed by atoms with Crippen LogP contribution >= 0.6 is 0 Å². The first kappa shape index (κ1) is 11.8. The van der Waals surface area contributed by atoms with Gasteiger partial charge in [0.1, 0.15) is 5.82 Å². The van der Waals surface area contributed by atoms with Crippen LogP contribution in [0.3, 0.4) is 0 Å². The molecule has 2 rings (SSSR count). The lowest BCUT2D eigenvalue weighted by Gasteiger charge is -2.31. The Morgan fingerprint density at radius 1 is 1.35 bits per heavy atom. The Hall–Kier alpha value is -1.66. The summed E-state index contributed by atoms with van der Waals surface area (Å²) < 4.78 is 12.7. The maximum atomic E-state index is 12.7. The molecular formula is C11H15FN4O. The SMILES string of the molecule is CC1NNC(=O)NC1NCc1ccc(F)cc1. The number of halogens is 1. The van der Waals surface area contributed by atoms with Crippen LogP contribution in [0.15, 0.2) is 24.3 Å². The Balaban J connectivity index is 1.88. The molecule has 0 bridgehead atoms. The number of hydrazine groups is 1. The van der Waals surface area contributed by atoms with Crippen molar-refractivity contribution in [1.82, 2.24) is 21.5 Å². The van der Waals surface area contributed by atoms with E-state index in [4.69, 9.17) is 0 Å². The van der Waals surface area contributed by atoms with Crippen molar-refractivity contribution >= 4 is 6.03 Å². The fourth-order valence-electron chi connectivity index (χ4n) is 1.62. The maximum Gasteiger partial charge on any atom is 0.330 e. The van der Waals surface area contributed by atoms with Crippen molar-refractivity contribution in [2.75, 3.05) is 0 Å². The number of urea groups is 1. The minimum Gasteiger partial charge on any atom is -0.320 e. The maximum absolute atomic E-state index is 12.7. The second-order valence-electron chi connectivity index (χ2n) is 4.02. The van der Waals surface area contributed by atoms with Gasteiger partial charge in [0.15, 0.2) is 0 Å². The average molecular weight is 238 g/mol. The zero-order valence-corrected chi connectivity index (χ0v) is 9.46. The van der Waals surface area contributed by atoms with Gasteiger partial charge in [-0.2, -0.15) is 0 Å². The van der Waals surface area contributed by atoms with Gasteiger partial charge in [0.05, 0.1) is 12.2 Å². The summed E-state index contributed by atoms with van der Waals surface area (Å²) >= 11 is 0. The Labute approximate surface area is 98.7 Å². The third-order valence-electron chi connectivity index (χ3n) is 2.64. The normalized spacial score (nSPS) is 24.0. The lowest BCUT2D eigenvalue weighted by Crippen LogP contribution is -2.67. The molecule has 1 aromatic rings. The highest BCUT2D eigenvalue weighted by Crippen LogP contribution is 2.03. The van der Waals surface area contributed by atoms with Crippen molar-refractivity contribution in [2.24, 2.45) is 0 Å². The highest BCUT2D eigenvalue weighted by atomic mass is 19.1. The molecule has 1 aromatic carbocycles. The van der Waals surface area contributed by atoms with Gasteiger partial charge in [0, 0.05) is 6.54 Å². The van der Waals surface area contributed by atoms with E-state index < -0.39 is 0 Å². The summed E-state index contributed by atoms with van der Waals surface area (Å²) in [5.41, 5.74) is 6.28. The van der Waals surface area contributed by atoms with Crippen LogP contribution in [0.4, 0.5) is 9.18 Å². The van der Waals surface area contributed by atoms with E-state index in [2.05, 4.69) is 21.5 Å². The summed E-state index contributed by atoms with van der Waals surface area (Å²) in [5.74, 6) is -0.251. The molecule has 17 heavy (non-hydrogen) atoms. The summed E-state index contributed by atoms with van der Waals surface area (Å²) in [4.78, 5) is 11.1. The Kier molecular flexibility index (Phi) is 3.55. The molecule has 0 spiro atoms. The molecule has 5 nitrogen and oxygen atoms in total. The van der Waals surface area contributed by atoms with Gasteiger partial charge >= 0.3 is 6.03 Å². The minimum atomic E-state index is -0.264. The van der Waals surface area contributed by atoms with E-state index in [1.165, 1.54) is 12.1 Å². The summed E-state index contributed by atoms with van der Waals surface area (Å²) in [6, 6.07) is 6.05. The van der Waals surface area contributed by atoms with Gasteiger partial charge in [0.25, 0.3) is 0 Å². The van der Waals surface area contributed by atoms with Crippen molar-refractivity contribution in [3.63, 3.8) is 0 Å². The molecule has 1 aliphatic rings. The van der Waals surface area contributed by atoms with Crippen LogP contribution in [0.2, 0.25) is 0 Å². The predicted molar refractivity (Wildman–Crippen MR) is 61.3 cm³/mol. The topological polar surface area (TPSA) is 65.2 Å². The Morgan fingerprint density at radius 2 is 2.06 bits per heavy atom. The first-order chi connectivity index (χ1) is 8.15. The first-order valence-corrected chi connectivity index (χ1v) is 5.45. The third kappa shape index (κ3) is 3.15. The summed E-state index contributed by atoms with van der Waals surface area (Å²) in [6.45, 7) is 2.51. The van der Waals surface area contributed by atoms with Crippen molar-refractivity contribution in [2.45, 2.75) is 25.7 Å². The van der Waals surface area contributed by atoms with Crippen LogP contribution in [0.1, 0.15) is 12.5 Å². The van der Waals surface area contributed by atoms with Crippen molar-refractivity contribution in [3.8, 4) is 0 Å². The number of rotatable bonds is 3. The van der Waals surface area contributed by atoms with Crippen LogP contribution in [-0.4, -0.2) is 18.2 Å². The standard InChI is InChI=1S/C11H15FN4O/c1-7-10(14-11(17)16-15-7)13-6-8-2-4-9(12)5-3-8/h2-5,7,10,13,15H,6H2,1H3,(H2,14,16,17). The van der Waals surface area contributed by atoms with Gasteiger partial charge in [-0.3, -0.25) is 10.7 Å². The van der Waals surface area contributed by atoms with E-state index in [1.807, 2.05) is 6.92 Å². The lowest BCUT2D eigenvalue weighted by atomic mass is 10.2. The Morgan fingerprint density at radius 3 is 2.76 bits per heavy atom. The van der Waals surface area contributed by atoms with E-state index in [1.54, 1.807) is 12.1 Å². The second-order valence-corrected chi connectivity index (χ2v) is 4.02. The smallest absolute Gasteiger partial charge is 0.320 e. The Bertz CT molecular complexity index is 395. The molecule has 0 radical (unpaired) electrons. The highest BCUT2D eigenvalue weighted by molar-refractivity contribution is 5.74. The van der Waals surface area contributed by atoms with E-state index in [9.17, 15) is 9.18 Å². The number of carbonyl (C=O) groups is 1. The monoisotopic (exact) mass is 238 g/mol. The van der Waals surface area contributed by atoms with Gasteiger partial charge in [-0.05, 0) is 24.6 Å². The van der Waals surface area contributed by atoms with Crippen molar-refractivity contribution in [1.29, 1.82) is 0 Å². The van der Waals surface area contributed by atoms with E-state index in [0.29, 0.717) is 6.54 Å². The second kappa shape index (κ2) is 5.11. The molecule has 2 amide bonds. The van der Waals surface area contributed by atoms with Crippen LogP contribution < -0.4 is 21.5 Å². The third-order valence-corrected chi connectivity index (χ3v) is 2.64. The van der Waals surface area contributed by atoms with Crippen molar-refractivity contribution in [3.05, 3.63) is 35.6 Å². The molecule has 2 atom stereocenters. The average Bonchev–Trinajstić information content (AvgIpc) is 2.32. The molecule has 0 saturated carbocycles. The molecule has 1 heterocycles. The molecule has 2 unspecified atom stereocenters. The number of amides is 2. The zero-order valence-electron chi connectivity index (χ0n) is 9.46. The van der Waals surface area contributed by atoms with Gasteiger partial charge < -0.3 is 5.32 Å². The predicted octanol–water partition coefficient (Wildman–Crippen LogP) is 0.447.